The number of para-hydroxylation sites is 3. The Morgan fingerprint density at radius 2 is 2.00 bits per heavy atom. The number of aromatic hydroxyl groups is 1. The van der Waals surface area contributed by atoms with Crippen LogP contribution in [0.5, 0.6) is 5.75 Å². The molecule has 2 N–H and O–H groups in total. The van der Waals surface area contributed by atoms with E-state index in [1.165, 1.54) is 6.33 Å². The van der Waals surface area contributed by atoms with Crippen LogP contribution in [0.3, 0.4) is 0 Å². The smallest absolute Gasteiger partial charge is 0.138 e. The Balaban J connectivity index is 1.85. The van der Waals surface area contributed by atoms with Crippen molar-refractivity contribution < 1.29 is 5.11 Å². The van der Waals surface area contributed by atoms with Gasteiger partial charge in [-0.15, -0.1) is 0 Å². The van der Waals surface area contributed by atoms with Crippen LogP contribution in [-0.2, 0) is 6.54 Å². The highest BCUT2D eigenvalue weighted by atomic mass is 16.3. The zero-order valence-electron chi connectivity index (χ0n) is 11.7. The molecule has 0 amide bonds. The molecule has 3 aromatic rings. The van der Waals surface area contributed by atoms with Crippen molar-refractivity contribution >= 4 is 5.69 Å². The molecule has 1 aromatic heterocycles. The summed E-state index contributed by atoms with van der Waals surface area (Å²) in [6.45, 7) is 2.43. The van der Waals surface area contributed by atoms with E-state index in [1.807, 2.05) is 49.4 Å². The van der Waals surface area contributed by atoms with Crippen LogP contribution >= 0.6 is 0 Å². The van der Waals surface area contributed by atoms with Crippen molar-refractivity contribution in [2.24, 2.45) is 0 Å². The summed E-state index contributed by atoms with van der Waals surface area (Å²) in [5.74, 6) is 0.336. The molecule has 0 radical (unpaired) electrons. The Hall–Kier alpha value is -2.82. The van der Waals surface area contributed by atoms with Gasteiger partial charge in [-0.3, -0.25) is 0 Å². The molecule has 21 heavy (non-hydrogen) atoms. The van der Waals surface area contributed by atoms with Crippen molar-refractivity contribution in [1.29, 1.82) is 0 Å². The Kier molecular flexibility index (Phi) is 3.55. The third-order valence-electron chi connectivity index (χ3n) is 3.36. The van der Waals surface area contributed by atoms with Crippen molar-refractivity contribution in [2.45, 2.75) is 13.5 Å². The topological polar surface area (TPSA) is 63.0 Å². The minimum Gasteiger partial charge on any atom is -0.507 e. The van der Waals surface area contributed by atoms with Gasteiger partial charge in [0.05, 0.1) is 11.4 Å². The maximum Gasteiger partial charge on any atom is 0.138 e. The van der Waals surface area contributed by atoms with Gasteiger partial charge in [0.2, 0.25) is 0 Å². The second-order valence-electron chi connectivity index (χ2n) is 4.79. The Bertz CT molecular complexity index is 738. The first-order chi connectivity index (χ1) is 10.3. The van der Waals surface area contributed by atoms with Gasteiger partial charge >= 0.3 is 0 Å². The number of aromatic nitrogens is 3. The summed E-state index contributed by atoms with van der Waals surface area (Å²) in [5.41, 5.74) is 3.59. The number of benzene rings is 2. The molecule has 0 aliphatic rings. The van der Waals surface area contributed by atoms with Crippen molar-refractivity contribution in [1.82, 2.24) is 14.8 Å². The van der Waals surface area contributed by atoms with Crippen molar-refractivity contribution in [3.8, 4) is 11.4 Å². The van der Waals surface area contributed by atoms with E-state index in [-0.39, 0.29) is 0 Å². The first-order valence-corrected chi connectivity index (χ1v) is 6.71. The molecule has 5 heteroatoms. The standard InChI is InChI=1S/C16H16N4O/c1-12-5-4-6-13(16(12)21)9-18-14-7-2-3-8-15(14)20-11-17-10-19-20/h2-8,10-11,18,21H,9H2,1H3. The second kappa shape index (κ2) is 5.66. The lowest BCUT2D eigenvalue weighted by atomic mass is 10.1. The fourth-order valence-electron chi connectivity index (χ4n) is 2.21. The number of phenols is 1. The van der Waals surface area contributed by atoms with Gasteiger partial charge in [-0.05, 0) is 24.6 Å². The van der Waals surface area contributed by atoms with E-state index in [9.17, 15) is 5.11 Å². The zero-order chi connectivity index (χ0) is 14.7. The normalized spacial score (nSPS) is 10.5. The molecule has 0 aliphatic heterocycles. The molecule has 5 nitrogen and oxygen atoms in total. The molecule has 2 aromatic carbocycles. The van der Waals surface area contributed by atoms with Gasteiger partial charge in [-0.25, -0.2) is 9.67 Å². The van der Waals surface area contributed by atoms with Gasteiger partial charge in [0, 0.05) is 12.1 Å². The van der Waals surface area contributed by atoms with Gasteiger partial charge in [0.1, 0.15) is 18.4 Å². The molecule has 3 rings (SSSR count). The van der Waals surface area contributed by atoms with Crippen LogP contribution in [0.15, 0.2) is 55.1 Å². The molecule has 0 saturated heterocycles. The molecule has 0 atom stereocenters. The van der Waals surface area contributed by atoms with Crippen LogP contribution in [-0.4, -0.2) is 19.9 Å². The van der Waals surface area contributed by atoms with Crippen LogP contribution < -0.4 is 5.32 Å². The first kappa shape index (κ1) is 13.2. The molecule has 0 spiro atoms. The van der Waals surface area contributed by atoms with Crippen LogP contribution in [0, 0.1) is 6.92 Å². The van der Waals surface area contributed by atoms with E-state index in [1.54, 1.807) is 11.0 Å². The molecule has 1 heterocycles. The summed E-state index contributed by atoms with van der Waals surface area (Å²) in [5, 5.41) is 17.5. The van der Waals surface area contributed by atoms with Crippen molar-refractivity contribution in [3.05, 3.63) is 66.2 Å². The molecule has 0 aliphatic carbocycles. The zero-order valence-corrected chi connectivity index (χ0v) is 11.7. The molecular formula is C16H16N4O. The average Bonchev–Trinajstić information content (AvgIpc) is 3.03. The number of hydrogen-bond acceptors (Lipinski definition) is 4. The highest BCUT2D eigenvalue weighted by Crippen LogP contribution is 2.24. The number of hydrogen-bond donors (Lipinski definition) is 2. The summed E-state index contributed by atoms with van der Waals surface area (Å²) < 4.78 is 1.71. The SMILES string of the molecule is Cc1cccc(CNc2ccccc2-n2cncn2)c1O. The minimum absolute atomic E-state index is 0.336. The summed E-state index contributed by atoms with van der Waals surface area (Å²) in [4.78, 5) is 3.97. The number of anilines is 1. The monoisotopic (exact) mass is 280 g/mol. The predicted molar refractivity (Wildman–Crippen MR) is 81.5 cm³/mol. The summed E-state index contributed by atoms with van der Waals surface area (Å²) in [6.07, 6.45) is 3.16. The van der Waals surface area contributed by atoms with E-state index in [0.717, 1.165) is 22.5 Å². The van der Waals surface area contributed by atoms with Crippen molar-refractivity contribution in [3.63, 3.8) is 0 Å². The average molecular weight is 280 g/mol. The van der Waals surface area contributed by atoms with Gasteiger partial charge in [-0.2, -0.15) is 5.10 Å². The van der Waals surface area contributed by atoms with Crippen LogP contribution in [0.2, 0.25) is 0 Å². The van der Waals surface area contributed by atoms with Gasteiger partial charge < -0.3 is 10.4 Å². The number of nitrogens with zero attached hydrogens (tertiary/aromatic N) is 3. The van der Waals surface area contributed by atoms with Gasteiger partial charge in [-0.1, -0.05) is 30.3 Å². The number of nitrogens with one attached hydrogen (secondary N) is 1. The molecular weight excluding hydrogens is 264 g/mol. The van der Waals surface area contributed by atoms with E-state index in [4.69, 9.17) is 0 Å². The van der Waals surface area contributed by atoms with E-state index < -0.39 is 0 Å². The largest absolute Gasteiger partial charge is 0.507 e. The quantitative estimate of drug-likeness (QED) is 0.771. The van der Waals surface area contributed by atoms with Gasteiger partial charge in [0.25, 0.3) is 0 Å². The predicted octanol–water partition coefficient (Wildman–Crippen LogP) is 2.89. The lowest BCUT2D eigenvalue weighted by Crippen LogP contribution is -2.05. The Labute approximate surface area is 122 Å². The fourth-order valence-corrected chi connectivity index (χ4v) is 2.21. The van der Waals surface area contributed by atoms with Gasteiger partial charge in [0.15, 0.2) is 0 Å². The molecule has 106 valence electrons. The summed E-state index contributed by atoms with van der Waals surface area (Å²) in [7, 11) is 0. The lowest BCUT2D eigenvalue weighted by Gasteiger charge is -2.13. The molecule has 0 saturated carbocycles. The Morgan fingerprint density at radius 3 is 2.81 bits per heavy atom. The minimum atomic E-state index is 0.336. The third-order valence-corrected chi connectivity index (χ3v) is 3.36. The molecule has 0 unspecified atom stereocenters. The van der Waals surface area contributed by atoms with Crippen LogP contribution in [0.25, 0.3) is 5.69 Å². The maximum atomic E-state index is 10.1. The summed E-state index contributed by atoms with van der Waals surface area (Å²) >= 11 is 0. The third kappa shape index (κ3) is 2.72. The number of aryl methyl sites for hydroxylation is 1. The summed E-state index contributed by atoms with van der Waals surface area (Å²) in [6, 6.07) is 13.6. The lowest BCUT2D eigenvalue weighted by molar-refractivity contribution is 0.465. The number of phenolic OH excluding ortho intramolecular Hbond substituents is 1. The fraction of sp³-hybridized carbons (Fsp3) is 0.125. The highest BCUT2D eigenvalue weighted by Gasteiger charge is 2.07. The van der Waals surface area contributed by atoms with Crippen LogP contribution in [0.1, 0.15) is 11.1 Å². The highest BCUT2D eigenvalue weighted by molar-refractivity contribution is 5.61. The molecule has 0 fully saturated rings. The first-order valence-electron chi connectivity index (χ1n) is 6.71. The molecule has 0 bridgehead atoms. The van der Waals surface area contributed by atoms with Crippen LogP contribution in [0.4, 0.5) is 5.69 Å². The van der Waals surface area contributed by atoms with E-state index >= 15 is 0 Å². The van der Waals surface area contributed by atoms with E-state index in [0.29, 0.717) is 12.3 Å². The van der Waals surface area contributed by atoms with Crippen molar-refractivity contribution in [2.75, 3.05) is 5.32 Å². The second-order valence-corrected chi connectivity index (χ2v) is 4.79. The Morgan fingerprint density at radius 1 is 1.14 bits per heavy atom. The number of rotatable bonds is 4. The van der Waals surface area contributed by atoms with E-state index in [2.05, 4.69) is 15.4 Å². The maximum absolute atomic E-state index is 10.1.